The van der Waals surface area contributed by atoms with Crippen LogP contribution in [-0.4, -0.2) is 36.0 Å². The van der Waals surface area contributed by atoms with Gasteiger partial charge < -0.3 is 9.64 Å². The molecular formula is C12H19N3O. The van der Waals surface area contributed by atoms with Crippen LogP contribution >= 0.6 is 0 Å². The van der Waals surface area contributed by atoms with Gasteiger partial charge in [-0.2, -0.15) is 5.10 Å². The third-order valence-electron chi connectivity index (χ3n) is 3.14. The molecule has 1 fully saturated rings. The summed E-state index contributed by atoms with van der Waals surface area (Å²) < 4.78 is 5.64. The van der Waals surface area contributed by atoms with Gasteiger partial charge in [-0.15, -0.1) is 5.10 Å². The summed E-state index contributed by atoms with van der Waals surface area (Å²) in [5.74, 6) is 0.977. The number of ether oxygens (including phenoxy) is 1. The van der Waals surface area contributed by atoms with Crippen molar-refractivity contribution in [3.05, 3.63) is 17.3 Å². The number of rotatable bonds is 2. The molecule has 2 rings (SSSR count). The molecule has 0 bridgehead atoms. The number of hydrogen-bond donors (Lipinski definition) is 0. The van der Waals surface area contributed by atoms with Crippen molar-refractivity contribution in [2.75, 3.05) is 24.6 Å². The lowest BCUT2D eigenvalue weighted by Gasteiger charge is -2.33. The molecule has 1 aromatic rings. The Hall–Kier alpha value is -1.16. The van der Waals surface area contributed by atoms with E-state index in [1.807, 2.05) is 6.92 Å². The predicted octanol–water partition coefficient (Wildman–Crippen LogP) is 1.71. The standard InChI is InChI=1S/C12H19N3O/c1-4-11-8-15(5-6-16-11)12-7-9(2)10(3)13-14-12/h7,11H,4-6,8H2,1-3H3. The van der Waals surface area contributed by atoms with Crippen molar-refractivity contribution in [2.45, 2.75) is 33.3 Å². The predicted molar refractivity (Wildman–Crippen MR) is 63.8 cm³/mol. The van der Waals surface area contributed by atoms with E-state index in [2.05, 4.69) is 35.0 Å². The van der Waals surface area contributed by atoms with Gasteiger partial charge in [0.05, 0.1) is 18.4 Å². The lowest BCUT2D eigenvalue weighted by atomic mass is 10.2. The summed E-state index contributed by atoms with van der Waals surface area (Å²) in [4.78, 5) is 2.26. The van der Waals surface area contributed by atoms with Crippen LogP contribution in [-0.2, 0) is 4.74 Å². The molecule has 2 heterocycles. The molecule has 0 spiro atoms. The van der Waals surface area contributed by atoms with Crippen LogP contribution < -0.4 is 4.90 Å². The first kappa shape index (κ1) is 11.3. The third-order valence-corrected chi connectivity index (χ3v) is 3.14. The Balaban J connectivity index is 2.13. The fraction of sp³-hybridized carbons (Fsp3) is 0.667. The van der Waals surface area contributed by atoms with Gasteiger partial charge in [0.1, 0.15) is 0 Å². The molecule has 1 aliphatic heterocycles. The van der Waals surface area contributed by atoms with E-state index in [1.54, 1.807) is 0 Å². The van der Waals surface area contributed by atoms with E-state index >= 15 is 0 Å². The Labute approximate surface area is 96.6 Å². The molecule has 16 heavy (non-hydrogen) atoms. The molecule has 1 atom stereocenters. The summed E-state index contributed by atoms with van der Waals surface area (Å²) in [6, 6.07) is 2.11. The zero-order valence-corrected chi connectivity index (χ0v) is 10.2. The Kier molecular flexibility index (Phi) is 3.39. The highest BCUT2D eigenvalue weighted by Gasteiger charge is 2.20. The first-order valence-electron chi connectivity index (χ1n) is 5.88. The van der Waals surface area contributed by atoms with Gasteiger partial charge >= 0.3 is 0 Å². The molecule has 0 N–H and O–H groups in total. The lowest BCUT2D eigenvalue weighted by Crippen LogP contribution is -2.42. The van der Waals surface area contributed by atoms with Crippen LogP contribution in [0.5, 0.6) is 0 Å². The molecule has 0 aliphatic carbocycles. The van der Waals surface area contributed by atoms with Crippen LogP contribution in [0.2, 0.25) is 0 Å². The molecule has 4 heteroatoms. The highest BCUT2D eigenvalue weighted by Crippen LogP contribution is 2.17. The van der Waals surface area contributed by atoms with Gasteiger partial charge in [0, 0.05) is 13.1 Å². The normalized spacial score (nSPS) is 21.2. The monoisotopic (exact) mass is 221 g/mol. The Bertz CT molecular complexity index is 367. The van der Waals surface area contributed by atoms with E-state index in [4.69, 9.17) is 4.74 Å². The van der Waals surface area contributed by atoms with E-state index in [-0.39, 0.29) is 0 Å². The van der Waals surface area contributed by atoms with Crippen LogP contribution in [0.1, 0.15) is 24.6 Å². The molecule has 88 valence electrons. The molecule has 0 aromatic carbocycles. The highest BCUT2D eigenvalue weighted by molar-refractivity contribution is 5.41. The maximum absolute atomic E-state index is 5.64. The van der Waals surface area contributed by atoms with Crippen molar-refractivity contribution < 1.29 is 4.74 Å². The highest BCUT2D eigenvalue weighted by atomic mass is 16.5. The van der Waals surface area contributed by atoms with Gasteiger partial charge in [-0.1, -0.05) is 6.92 Å². The van der Waals surface area contributed by atoms with Crippen LogP contribution in [0, 0.1) is 13.8 Å². The van der Waals surface area contributed by atoms with E-state index in [9.17, 15) is 0 Å². The van der Waals surface area contributed by atoms with Gasteiger partial charge in [-0.3, -0.25) is 0 Å². The number of hydrogen-bond acceptors (Lipinski definition) is 4. The minimum Gasteiger partial charge on any atom is -0.375 e. The molecule has 1 aliphatic rings. The summed E-state index contributed by atoms with van der Waals surface area (Å²) in [5, 5.41) is 8.42. The zero-order chi connectivity index (χ0) is 11.5. The number of nitrogens with zero attached hydrogens (tertiary/aromatic N) is 3. The van der Waals surface area contributed by atoms with E-state index < -0.39 is 0 Å². The Morgan fingerprint density at radius 2 is 2.25 bits per heavy atom. The largest absolute Gasteiger partial charge is 0.375 e. The van der Waals surface area contributed by atoms with Crippen LogP contribution in [0.3, 0.4) is 0 Å². The van der Waals surface area contributed by atoms with Crippen molar-refractivity contribution in [2.24, 2.45) is 0 Å². The summed E-state index contributed by atoms with van der Waals surface area (Å²) in [7, 11) is 0. The topological polar surface area (TPSA) is 38.2 Å². The Morgan fingerprint density at radius 3 is 2.94 bits per heavy atom. The first-order valence-corrected chi connectivity index (χ1v) is 5.88. The molecule has 0 saturated carbocycles. The zero-order valence-electron chi connectivity index (χ0n) is 10.2. The molecule has 0 radical (unpaired) electrons. The lowest BCUT2D eigenvalue weighted by molar-refractivity contribution is 0.0381. The quantitative estimate of drug-likeness (QED) is 0.762. The summed E-state index contributed by atoms with van der Waals surface area (Å²) in [6.45, 7) is 8.83. The van der Waals surface area contributed by atoms with Crippen LogP contribution in [0.15, 0.2) is 6.07 Å². The number of anilines is 1. The molecular weight excluding hydrogens is 202 g/mol. The number of aromatic nitrogens is 2. The van der Waals surface area contributed by atoms with Gasteiger partial charge in [0.25, 0.3) is 0 Å². The SMILES string of the molecule is CCC1CN(c2cc(C)c(C)nn2)CCO1. The second-order valence-electron chi connectivity index (χ2n) is 4.32. The van der Waals surface area contributed by atoms with Crippen molar-refractivity contribution >= 4 is 5.82 Å². The second-order valence-corrected chi connectivity index (χ2v) is 4.32. The second kappa shape index (κ2) is 4.78. The summed E-state index contributed by atoms with van der Waals surface area (Å²) in [5.41, 5.74) is 2.20. The van der Waals surface area contributed by atoms with Crippen LogP contribution in [0.4, 0.5) is 5.82 Å². The number of aryl methyl sites for hydroxylation is 2. The average Bonchev–Trinajstić information content (AvgIpc) is 2.33. The Morgan fingerprint density at radius 1 is 1.44 bits per heavy atom. The molecule has 1 unspecified atom stereocenters. The smallest absolute Gasteiger partial charge is 0.151 e. The molecule has 1 aromatic heterocycles. The number of morpholine rings is 1. The van der Waals surface area contributed by atoms with Crippen molar-refractivity contribution in [3.63, 3.8) is 0 Å². The van der Waals surface area contributed by atoms with Crippen LogP contribution in [0.25, 0.3) is 0 Å². The summed E-state index contributed by atoms with van der Waals surface area (Å²) in [6.07, 6.45) is 1.38. The third kappa shape index (κ3) is 2.32. The van der Waals surface area contributed by atoms with E-state index in [0.29, 0.717) is 6.10 Å². The minimum atomic E-state index is 0.331. The van der Waals surface area contributed by atoms with Gasteiger partial charge in [0.15, 0.2) is 5.82 Å². The minimum absolute atomic E-state index is 0.331. The van der Waals surface area contributed by atoms with Gasteiger partial charge in [0.2, 0.25) is 0 Å². The maximum atomic E-state index is 5.64. The van der Waals surface area contributed by atoms with Crippen molar-refractivity contribution in [1.29, 1.82) is 0 Å². The first-order chi connectivity index (χ1) is 7.70. The molecule has 0 amide bonds. The molecule has 1 saturated heterocycles. The maximum Gasteiger partial charge on any atom is 0.151 e. The summed E-state index contributed by atoms with van der Waals surface area (Å²) >= 11 is 0. The van der Waals surface area contributed by atoms with E-state index in [1.165, 1.54) is 5.56 Å². The van der Waals surface area contributed by atoms with Gasteiger partial charge in [-0.25, -0.2) is 0 Å². The average molecular weight is 221 g/mol. The van der Waals surface area contributed by atoms with Crippen molar-refractivity contribution in [1.82, 2.24) is 10.2 Å². The fourth-order valence-corrected chi connectivity index (χ4v) is 1.86. The fourth-order valence-electron chi connectivity index (χ4n) is 1.86. The van der Waals surface area contributed by atoms with E-state index in [0.717, 1.165) is 37.6 Å². The molecule has 4 nitrogen and oxygen atoms in total. The van der Waals surface area contributed by atoms with Gasteiger partial charge in [-0.05, 0) is 31.9 Å². The van der Waals surface area contributed by atoms with Crippen molar-refractivity contribution in [3.8, 4) is 0 Å².